The molecule has 2 aliphatic heterocycles. The number of aliphatic hydroxyl groups is 1. The zero-order valence-electron chi connectivity index (χ0n) is 17.5. The van der Waals surface area contributed by atoms with Crippen molar-refractivity contribution >= 4 is 11.9 Å². The zero-order chi connectivity index (χ0) is 22.5. The first kappa shape index (κ1) is 20.3. The molecule has 1 unspecified atom stereocenters. The van der Waals surface area contributed by atoms with E-state index in [2.05, 4.69) is 27.5 Å². The van der Waals surface area contributed by atoms with Crippen LogP contribution in [0.15, 0.2) is 36.5 Å². The molecule has 3 aliphatic rings. The summed E-state index contributed by atoms with van der Waals surface area (Å²) in [5.74, 6) is 6.34. The average Bonchev–Trinajstić information content (AvgIpc) is 3.38. The van der Waals surface area contributed by atoms with Crippen molar-refractivity contribution < 1.29 is 19.4 Å². The standard InChI is InChI=1S/C23H23N5O4/c1-32-16-4-3-15-12-28(19(29)17(15)10-16)13-23(20(30)26-21(31)27-23)7-6-14-2-5-18(25-11-14)22(24)8-9-22/h2-5,10-11,20,30H,8-9,12-13,24H2,1H3,(H2,26,27,31)/t20?,23-/m1/s1. The Morgan fingerprint density at radius 3 is 2.75 bits per heavy atom. The second-order valence-corrected chi connectivity index (χ2v) is 8.49. The molecule has 1 aliphatic carbocycles. The maximum Gasteiger partial charge on any atom is 0.318 e. The van der Waals surface area contributed by atoms with E-state index in [-0.39, 0.29) is 18.0 Å². The Labute approximate surface area is 184 Å². The smallest absolute Gasteiger partial charge is 0.318 e. The van der Waals surface area contributed by atoms with Gasteiger partial charge in [0.1, 0.15) is 5.75 Å². The summed E-state index contributed by atoms with van der Waals surface area (Å²) < 4.78 is 5.21. The molecule has 0 radical (unpaired) electrons. The fourth-order valence-corrected chi connectivity index (χ4v) is 4.05. The second kappa shape index (κ2) is 7.22. The molecule has 9 heteroatoms. The minimum absolute atomic E-state index is 0.00710. The van der Waals surface area contributed by atoms with Crippen LogP contribution in [0.5, 0.6) is 5.75 Å². The van der Waals surface area contributed by atoms with Gasteiger partial charge in [-0.25, -0.2) is 4.79 Å². The van der Waals surface area contributed by atoms with Gasteiger partial charge in [0, 0.05) is 23.9 Å². The molecule has 164 valence electrons. The number of rotatable bonds is 4. The molecule has 2 atom stereocenters. The van der Waals surface area contributed by atoms with Crippen LogP contribution < -0.4 is 21.1 Å². The van der Waals surface area contributed by atoms with Gasteiger partial charge in [-0.2, -0.15) is 0 Å². The molecule has 32 heavy (non-hydrogen) atoms. The number of amides is 3. The molecule has 1 aromatic heterocycles. The number of aromatic nitrogens is 1. The highest BCUT2D eigenvalue weighted by atomic mass is 16.5. The van der Waals surface area contributed by atoms with Crippen molar-refractivity contribution in [2.45, 2.75) is 36.7 Å². The number of pyridine rings is 1. The SMILES string of the molecule is COc1ccc2c(c1)C(=O)N(C[C@@]1(C#Cc3ccc(C4(N)CC4)nc3)NC(=O)NC1O)C2. The van der Waals surface area contributed by atoms with Crippen LogP contribution in [0.1, 0.15) is 40.0 Å². The third-order valence-corrected chi connectivity index (χ3v) is 6.20. The van der Waals surface area contributed by atoms with Crippen LogP contribution in [0.3, 0.4) is 0 Å². The molecule has 0 bridgehead atoms. The lowest BCUT2D eigenvalue weighted by Crippen LogP contribution is -2.56. The molecule has 5 rings (SSSR count). The number of carbonyl (C=O) groups is 2. The summed E-state index contributed by atoms with van der Waals surface area (Å²) in [6, 6.07) is 8.43. The molecule has 2 aromatic rings. The Morgan fingerprint density at radius 2 is 2.12 bits per heavy atom. The van der Waals surface area contributed by atoms with Crippen molar-refractivity contribution in [3.63, 3.8) is 0 Å². The molecular weight excluding hydrogens is 410 g/mol. The van der Waals surface area contributed by atoms with Gasteiger partial charge in [-0.15, -0.1) is 0 Å². The third kappa shape index (κ3) is 3.43. The normalized spacial score (nSPS) is 24.8. The quantitative estimate of drug-likeness (QED) is 0.517. The van der Waals surface area contributed by atoms with E-state index in [0.717, 1.165) is 24.1 Å². The van der Waals surface area contributed by atoms with E-state index in [1.54, 1.807) is 30.3 Å². The highest BCUT2D eigenvalue weighted by Gasteiger charge is 2.48. The summed E-state index contributed by atoms with van der Waals surface area (Å²) in [7, 11) is 1.54. The lowest BCUT2D eigenvalue weighted by molar-refractivity contribution is 0.0611. The Bertz CT molecular complexity index is 1170. The van der Waals surface area contributed by atoms with Crippen molar-refractivity contribution in [1.29, 1.82) is 0 Å². The molecule has 5 N–H and O–H groups in total. The van der Waals surface area contributed by atoms with Crippen LogP contribution in [0.4, 0.5) is 4.79 Å². The second-order valence-electron chi connectivity index (χ2n) is 8.49. The highest BCUT2D eigenvalue weighted by molar-refractivity contribution is 5.99. The minimum atomic E-state index is -1.37. The molecule has 3 heterocycles. The van der Waals surface area contributed by atoms with E-state index in [1.807, 2.05) is 18.2 Å². The zero-order valence-corrected chi connectivity index (χ0v) is 17.5. The van der Waals surface area contributed by atoms with E-state index >= 15 is 0 Å². The number of nitrogens with zero attached hydrogens (tertiary/aromatic N) is 2. The number of hydrogen-bond acceptors (Lipinski definition) is 6. The molecule has 9 nitrogen and oxygen atoms in total. The van der Waals surface area contributed by atoms with Crippen molar-refractivity contribution in [3.05, 3.63) is 58.9 Å². The van der Waals surface area contributed by atoms with Gasteiger partial charge >= 0.3 is 6.03 Å². The van der Waals surface area contributed by atoms with Crippen LogP contribution in [-0.4, -0.2) is 52.4 Å². The maximum absolute atomic E-state index is 13.0. The van der Waals surface area contributed by atoms with Gasteiger partial charge < -0.3 is 31.1 Å². The van der Waals surface area contributed by atoms with E-state index in [0.29, 0.717) is 23.4 Å². The van der Waals surface area contributed by atoms with Gasteiger partial charge in [-0.3, -0.25) is 9.78 Å². The van der Waals surface area contributed by atoms with Crippen molar-refractivity contribution in [2.75, 3.05) is 13.7 Å². The van der Waals surface area contributed by atoms with Crippen molar-refractivity contribution in [1.82, 2.24) is 20.5 Å². The van der Waals surface area contributed by atoms with Gasteiger partial charge in [-0.05, 0) is 42.7 Å². The van der Waals surface area contributed by atoms with Crippen LogP contribution in [0.2, 0.25) is 0 Å². The van der Waals surface area contributed by atoms with Crippen molar-refractivity contribution in [2.24, 2.45) is 5.73 Å². The first-order valence-electron chi connectivity index (χ1n) is 10.3. The lowest BCUT2D eigenvalue weighted by atomic mass is 9.98. The molecule has 3 amide bonds. The first-order valence-corrected chi connectivity index (χ1v) is 10.3. The summed E-state index contributed by atoms with van der Waals surface area (Å²) in [6.07, 6.45) is 2.16. The van der Waals surface area contributed by atoms with E-state index < -0.39 is 17.8 Å². The largest absolute Gasteiger partial charge is 0.497 e. The molecule has 1 saturated carbocycles. The summed E-state index contributed by atoms with van der Waals surface area (Å²) in [5.41, 5.74) is 7.29. The number of carbonyl (C=O) groups excluding carboxylic acids is 2. The fraction of sp³-hybridized carbons (Fsp3) is 0.348. The number of nitrogens with two attached hydrogens (primary N) is 1. The Hall–Kier alpha value is -3.61. The number of benzene rings is 1. The Kier molecular flexibility index (Phi) is 4.58. The number of hydrogen-bond donors (Lipinski definition) is 4. The number of ether oxygens (including phenoxy) is 1. The van der Waals surface area contributed by atoms with Crippen LogP contribution >= 0.6 is 0 Å². The lowest BCUT2D eigenvalue weighted by Gasteiger charge is -2.30. The Balaban J connectivity index is 1.41. The first-order chi connectivity index (χ1) is 15.3. The highest BCUT2D eigenvalue weighted by Crippen LogP contribution is 2.41. The summed E-state index contributed by atoms with van der Waals surface area (Å²) in [4.78, 5) is 30.9. The van der Waals surface area contributed by atoms with Crippen molar-refractivity contribution in [3.8, 4) is 17.6 Å². The summed E-state index contributed by atoms with van der Waals surface area (Å²) >= 11 is 0. The van der Waals surface area contributed by atoms with Gasteiger partial charge in [0.25, 0.3) is 5.91 Å². The van der Waals surface area contributed by atoms with Crippen LogP contribution in [-0.2, 0) is 12.1 Å². The molecular formula is C23H23N5O4. The van der Waals surface area contributed by atoms with E-state index in [1.165, 1.54) is 0 Å². The Morgan fingerprint density at radius 1 is 1.31 bits per heavy atom. The number of nitrogens with one attached hydrogen (secondary N) is 2. The molecule has 1 aromatic carbocycles. The number of urea groups is 1. The third-order valence-electron chi connectivity index (χ3n) is 6.20. The predicted molar refractivity (Wildman–Crippen MR) is 114 cm³/mol. The molecule has 2 fully saturated rings. The molecule has 1 saturated heterocycles. The number of fused-ring (bicyclic) bond motifs is 1. The molecule has 0 spiro atoms. The van der Waals surface area contributed by atoms with Crippen LogP contribution in [0, 0.1) is 11.8 Å². The fourth-order valence-electron chi connectivity index (χ4n) is 4.05. The van der Waals surface area contributed by atoms with Gasteiger partial charge in [-0.1, -0.05) is 17.9 Å². The maximum atomic E-state index is 13.0. The average molecular weight is 433 g/mol. The monoisotopic (exact) mass is 433 g/mol. The van der Waals surface area contributed by atoms with Gasteiger partial charge in [0.15, 0.2) is 11.8 Å². The van der Waals surface area contributed by atoms with Crippen LogP contribution in [0.25, 0.3) is 0 Å². The van der Waals surface area contributed by atoms with Gasteiger partial charge in [0.2, 0.25) is 0 Å². The minimum Gasteiger partial charge on any atom is -0.497 e. The number of methoxy groups -OCH3 is 1. The predicted octanol–water partition coefficient (Wildman–Crippen LogP) is 0.416. The van der Waals surface area contributed by atoms with Gasteiger partial charge in [0.05, 0.1) is 24.9 Å². The number of aliphatic hydroxyl groups excluding tert-OH is 1. The topological polar surface area (TPSA) is 130 Å². The summed E-state index contributed by atoms with van der Waals surface area (Å²) in [5, 5.41) is 15.7. The van der Waals surface area contributed by atoms with E-state index in [9.17, 15) is 14.7 Å². The summed E-state index contributed by atoms with van der Waals surface area (Å²) in [6.45, 7) is 0.353. The van der Waals surface area contributed by atoms with E-state index in [4.69, 9.17) is 10.5 Å².